The fourth-order valence-corrected chi connectivity index (χ4v) is 3.55. The van der Waals surface area contributed by atoms with E-state index in [0.717, 1.165) is 6.42 Å². The predicted octanol–water partition coefficient (Wildman–Crippen LogP) is 3.09. The number of unbranched alkanes of at least 4 members (excludes halogenated alkanes) is 1. The molecule has 1 aliphatic carbocycles. The van der Waals surface area contributed by atoms with Crippen molar-refractivity contribution in [2.45, 2.75) is 96.6 Å². The Balaban J connectivity index is 2.42. The van der Waals surface area contributed by atoms with Crippen LogP contribution in [0.4, 0.5) is 0 Å². The summed E-state index contributed by atoms with van der Waals surface area (Å²) in [5.74, 6) is -0.728. The molecule has 3 N–H and O–H groups in total. The number of hydrogen-bond donors (Lipinski definition) is 3. The van der Waals surface area contributed by atoms with Gasteiger partial charge in [-0.2, -0.15) is 0 Å². The molecule has 0 unspecified atom stereocenters. The van der Waals surface area contributed by atoms with E-state index in [1.54, 1.807) is 19.1 Å². The van der Waals surface area contributed by atoms with Gasteiger partial charge in [-0.25, -0.2) is 0 Å². The Morgan fingerprint density at radius 2 is 1.90 bits per heavy atom. The second kappa shape index (κ2) is 13.7. The lowest BCUT2D eigenvalue weighted by atomic mass is 9.90. The van der Waals surface area contributed by atoms with Gasteiger partial charge in [0.1, 0.15) is 5.78 Å². The van der Waals surface area contributed by atoms with Crippen LogP contribution in [-0.4, -0.2) is 51.5 Å². The van der Waals surface area contributed by atoms with Crippen LogP contribution >= 0.6 is 0 Å². The first kappa shape index (κ1) is 25.5. The van der Waals surface area contributed by atoms with Crippen LogP contribution in [0.5, 0.6) is 0 Å². The van der Waals surface area contributed by atoms with E-state index >= 15 is 0 Å². The molecule has 1 saturated carbocycles. The topological polar surface area (TPSA) is 104 Å². The Kier molecular flexibility index (Phi) is 12.0. The Morgan fingerprint density at radius 1 is 1.17 bits per heavy atom. The molecule has 166 valence electrons. The molecule has 6 nitrogen and oxygen atoms in total. The summed E-state index contributed by atoms with van der Waals surface area (Å²) >= 11 is 0. The number of esters is 1. The number of carbonyl (C=O) groups excluding carboxylic acids is 2. The van der Waals surface area contributed by atoms with E-state index in [4.69, 9.17) is 4.74 Å². The molecule has 29 heavy (non-hydrogen) atoms. The van der Waals surface area contributed by atoms with Crippen molar-refractivity contribution in [1.82, 2.24) is 0 Å². The van der Waals surface area contributed by atoms with E-state index in [0.29, 0.717) is 38.5 Å². The van der Waals surface area contributed by atoms with Gasteiger partial charge in [-0.3, -0.25) is 9.59 Å². The number of allylic oxidation sites excluding steroid dienone is 2. The highest BCUT2D eigenvalue weighted by molar-refractivity contribution is 5.84. The first-order valence-corrected chi connectivity index (χ1v) is 10.8. The number of hydrogen-bond acceptors (Lipinski definition) is 6. The monoisotopic (exact) mass is 410 g/mol. The van der Waals surface area contributed by atoms with Gasteiger partial charge in [-0.15, -0.1) is 0 Å². The number of Topliss-reactive ketones (excluding diaryl/α,β-unsaturated/α-hetero) is 1. The molecular weight excluding hydrogens is 372 g/mol. The molecule has 0 radical (unpaired) electrons. The minimum atomic E-state index is -0.715. The van der Waals surface area contributed by atoms with E-state index in [9.17, 15) is 24.9 Å². The van der Waals surface area contributed by atoms with Gasteiger partial charge in [0.15, 0.2) is 0 Å². The summed E-state index contributed by atoms with van der Waals surface area (Å²) in [4.78, 5) is 23.7. The van der Waals surface area contributed by atoms with Crippen molar-refractivity contribution in [2.75, 3.05) is 0 Å². The quantitative estimate of drug-likeness (QED) is 0.245. The molecule has 0 aliphatic heterocycles. The Morgan fingerprint density at radius 3 is 2.55 bits per heavy atom. The highest BCUT2D eigenvalue weighted by Crippen LogP contribution is 2.33. The van der Waals surface area contributed by atoms with Crippen molar-refractivity contribution in [3.05, 3.63) is 24.3 Å². The van der Waals surface area contributed by atoms with Crippen molar-refractivity contribution < 1.29 is 29.6 Å². The Bertz CT molecular complexity index is 552. The summed E-state index contributed by atoms with van der Waals surface area (Å²) in [6.45, 7) is 5.37. The van der Waals surface area contributed by atoms with Crippen molar-refractivity contribution in [2.24, 2.45) is 11.8 Å². The van der Waals surface area contributed by atoms with E-state index in [-0.39, 0.29) is 42.2 Å². The maximum atomic E-state index is 12.2. The van der Waals surface area contributed by atoms with E-state index in [1.165, 1.54) is 0 Å². The van der Waals surface area contributed by atoms with Gasteiger partial charge in [0.05, 0.1) is 24.4 Å². The van der Waals surface area contributed by atoms with Crippen LogP contribution in [0.3, 0.4) is 0 Å². The molecule has 0 bridgehead atoms. The fraction of sp³-hybridized carbons (Fsp3) is 0.739. The molecule has 0 amide bonds. The molecule has 0 saturated heterocycles. The molecule has 0 heterocycles. The third kappa shape index (κ3) is 10.7. The second-order valence-corrected chi connectivity index (χ2v) is 8.29. The van der Waals surface area contributed by atoms with Crippen LogP contribution in [0.25, 0.3) is 0 Å². The second-order valence-electron chi connectivity index (χ2n) is 8.29. The summed E-state index contributed by atoms with van der Waals surface area (Å²) in [7, 11) is 0. The lowest BCUT2D eigenvalue weighted by Crippen LogP contribution is -2.18. The molecule has 0 aromatic carbocycles. The molecular formula is C23H38O6. The molecule has 6 heteroatoms. The number of rotatable bonds is 13. The van der Waals surface area contributed by atoms with Gasteiger partial charge in [-0.1, -0.05) is 24.3 Å². The number of aliphatic hydroxyl groups is 3. The summed E-state index contributed by atoms with van der Waals surface area (Å²) in [5, 5.41) is 29.5. The SMILES string of the molecule is CC(C)OC(=O)CCC/C=C\C[C@H]1C(=O)C[C@@H](O)[C@@H]1/C=C/[C@@H](O)CCC[C@@H](C)O. The zero-order valence-electron chi connectivity index (χ0n) is 18.0. The summed E-state index contributed by atoms with van der Waals surface area (Å²) in [6, 6.07) is 0. The highest BCUT2D eigenvalue weighted by Gasteiger charge is 2.39. The third-order valence-electron chi connectivity index (χ3n) is 5.09. The lowest BCUT2D eigenvalue weighted by molar-refractivity contribution is -0.147. The van der Waals surface area contributed by atoms with Crippen LogP contribution in [0.1, 0.15) is 72.1 Å². The van der Waals surface area contributed by atoms with Crippen LogP contribution in [-0.2, 0) is 14.3 Å². The first-order chi connectivity index (χ1) is 13.7. The third-order valence-corrected chi connectivity index (χ3v) is 5.09. The summed E-state index contributed by atoms with van der Waals surface area (Å²) in [6.07, 6.45) is 9.89. The highest BCUT2D eigenvalue weighted by atomic mass is 16.5. The van der Waals surface area contributed by atoms with E-state index < -0.39 is 12.2 Å². The largest absolute Gasteiger partial charge is 0.463 e. The van der Waals surface area contributed by atoms with Gasteiger partial charge in [-0.05, 0) is 59.3 Å². The molecule has 1 rings (SSSR count). The zero-order valence-corrected chi connectivity index (χ0v) is 18.0. The molecule has 0 aromatic rings. The number of carbonyl (C=O) groups is 2. The Hall–Kier alpha value is -1.50. The van der Waals surface area contributed by atoms with Crippen molar-refractivity contribution in [3.8, 4) is 0 Å². The van der Waals surface area contributed by atoms with E-state index in [2.05, 4.69) is 0 Å². The Labute approximate surface area is 174 Å². The minimum Gasteiger partial charge on any atom is -0.463 e. The zero-order chi connectivity index (χ0) is 21.8. The van der Waals surface area contributed by atoms with Gasteiger partial charge in [0.2, 0.25) is 0 Å². The van der Waals surface area contributed by atoms with Crippen LogP contribution in [0.15, 0.2) is 24.3 Å². The maximum Gasteiger partial charge on any atom is 0.306 e. The van der Waals surface area contributed by atoms with Crippen molar-refractivity contribution in [1.29, 1.82) is 0 Å². The smallest absolute Gasteiger partial charge is 0.306 e. The lowest BCUT2D eigenvalue weighted by Gasteiger charge is -2.16. The predicted molar refractivity (Wildman–Crippen MR) is 112 cm³/mol. The van der Waals surface area contributed by atoms with Crippen LogP contribution in [0.2, 0.25) is 0 Å². The minimum absolute atomic E-state index is 0.0425. The molecule has 0 spiro atoms. The van der Waals surface area contributed by atoms with Gasteiger partial charge >= 0.3 is 5.97 Å². The standard InChI is InChI=1S/C23H38O6/c1-16(2)29-23(28)12-7-5-4-6-11-19-20(22(27)15-21(19)26)14-13-18(25)10-8-9-17(3)24/h4,6,13-14,16-20,22,24-25,27H,5,7-12,15H2,1-3H3/b6-4-,14-13+/t17-,18+,19-,20-,22-/m1/s1. The summed E-state index contributed by atoms with van der Waals surface area (Å²) in [5.41, 5.74) is 0. The van der Waals surface area contributed by atoms with Gasteiger partial charge in [0.25, 0.3) is 0 Å². The molecule has 1 aliphatic rings. The van der Waals surface area contributed by atoms with Gasteiger partial charge in [0, 0.05) is 24.7 Å². The van der Waals surface area contributed by atoms with Gasteiger partial charge < -0.3 is 20.1 Å². The number of ketones is 1. The number of ether oxygens (including phenoxy) is 1. The number of aliphatic hydroxyl groups excluding tert-OH is 3. The van der Waals surface area contributed by atoms with Crippen molar-refractivity contribution in [3.63, 3.8) is 0 Å². The van der Waals surface area contributed by atoms with Crippen molar-refractivity contribution >= 4 is 11.8 Å². The van der Waals surface area contributed by atoms with E-state index in [1.807, 2.05) is 26.0 Å². The average Bonchev–Trinajstić information content (AvgIpc) is 2.88. The maximum absolute atomic E-state index is 12.2. The first-order valence-electron chi connectivity index (χ1n) is 10.8. The molecule has 0 aromatic heterocycles. The van der Waals surface area contributed by atoms with Crippen LogP contribution < -0.4 is 0 Å². The fourth-order valence-electron chi connectivity index (χ4n) is 3.55. The summed E-state index contributed by atoms with van der Waals surface area (Å²) < 4.78 is 5.08. The molecule has 5 atom stereocenters. The normalized spacial score (nSPS) is 24.7. The van der Waals surface area contributed by atoms with Crippen LogP contribution in [0, 0.1) is 11.8 Å². The average molecular weight is 411 g/mol. The molecule has 1 fully saturated rings.